The van der Waals surface area contributed by atoms with Gasteiger partial charge in [-0.3, -0.25) is 14.4 Å². The maximum atomic E-state index is 13.4. The van der Waals surface area contributed by atoms with Crippen molar-refractivity contribution in [3.05, 3.63) is 64.2 Å². The summed E-state index contributed by atoms with van der Waals surface area (Å²) in [5, 5.41) is 6.78. The van der Waals surface area contributed by atoms with Crippen LogP contribution < -0.4 is 15.4 Å². The van der Waals surface area contributed by atoms with Gasteiger partial charge in [0.05, 0.1) is 24.0 Å². The van der Waals surface area contributed by atoms with Crippen molar-refractivity contribution in [2.24, 2.45) is 5.41 Å². The molecule has 2 aromatic rings. The van der Waals surface area contributed by atoms with Crippen LogP contribution in [0.15, 0.2) is 42.5 Å². The van der Waals surface area contributed by atoms with Gasteiger partial charge in [0.2, 0.25) is 11.8 Å². The van der Waals surface area contributed by atoms with Crippen molar-refractivity contribution in [3.63, 3.8) is 0 Å². The van der Waals surface area contributed by atoms with Crippen molar-refractivity contribution in [2.75, 3.05) is 32.8 Å². The third-order valence-electron chi connectivity index (χ3n) is 7.44. The van der Waals surface area contributed by atoms with E-state index in [2.05, 4.69) is 10.6 Å². The molecule has 2 aliphatic heterocycles. The molecule has 0 aromatic heterocycles. The van der Waals surface area contributed by atoms with E-state index >= 15 is 0 Å². The fourth-order valence-electron chi connectivity index (χ4n) is 5.13. The van der Waals surface area contributed by atoms with Crippen LogP contribution in [0.1, 0.15) is 60.0 Å². The number of carbonyl (C=O) groups excluding carboxylic acids is 3. The van der Waals surface area contributed by atoms with Gasteiger partial charge >= 0.3 is 0 Å². The predicted octanol–water partition coefficient (Wildman–Crippen LogP) is 4.30. The molecule has 2 heterocycles. The lowest BCUT2D eigenvalue weighted by Crippen LogP contribution is -2.50. The van der Waals surface area contributed by atoms with Gasteiger partial charge < -0.3 is 20.3 Å². The summed E-state index contributed by atoms with van der Waals surface area (Å²) in [5.41, 5.74) is 2.00. The van der Waals surface area contributed by atoms with Crippen LogP contribution >= 0.6 is 11.6 Å². The minimum absolute atomic E-state index is 0.0625. The molecular weight excluding hydrogens is 490 g/mol. The predicted molar refractivity (Wildman–Crippen MR) is 144 cm³/mol. The van der Waals surface area contributed by atoms with E-state index in [9.17, 15) is 14.4 Å². The second-order valence-electron chi connectivity index (χ2n) is 10.1. The highest BCUT2D eigenvalue weighted by Crippen LogP contribution is 2.37. The molecule has 0 atom stereocenters. The number of piperidine rings is 1. The van der Waals surface area contributed by atoms with Crippen molar-refractivity contribution in [1.82, 2.24) is 15.5 Å². The Kier molecular flexibility index (Phi) is 9.09. The highest BCUT2D eigenvalue weighted by molar-refractivity contribution is 6.30. The maximum absolute atomic E-state index is 13.4. The summed E-state index contributed by atoms with van der Waals surface area (Å²) in [5.74, 6) is 0.573. The molecule has 8 heteroatoms. The molecule has 198 valence electrons. The Morgan fingerprint density at radius 1 is 0.973 bits per heavy atom. The number of ether oxygens (including phenoxy) is 1. The number of halogens is 1. The second kappa shape index (κ2) is 12.5. The summed E-state index contributed by atoms with van der Waals surface area (Å²) in [4.78, 5) is 40.9. The van der Waals surface area contributed by atoms with Crippen molar-refractivity contribution in [3.8, 4) is 5.75 Å². The van der Waals surface area contributed by atoms with Crippen LogP contribution in [0.2, 0.25) is 5.02 Å². The number of rotatable bonds is 2. The van der Waals surface area contributed by atoms with Gasteiger partial charge in [0.1, 0.15) is 5.75 Å². The van der Waals surface area contributed by atoms with Gasteiger partial charge in [0.15, 0.2) is 0 Å². The Bertz CT molecular complexity index is 1110. The quantitative estimate of drug-likeness (QED) is 0.612. The number of nitrogens with zero attached hydrogens (tertiary/aromatic N) is 1. The molecule has 1 spiro atoms. The van der Waals surface area contributed by atoms with E-state index in [1.165, 1.54) is 0 Å². The Morgan fingerprint density at radius 2 is 1.70 bits per heavy atom. The summed E-state index contributed by atoms with van der Waals surface area (Å²) < 4.78 is 5.92. The second-order valence-corrected chi connectivity index (χ2v) is 10.6. The first-order valence-corrected chi connectivity index (χ1v) is 13.6. The molecule has 1 fully saturated rings. The molecule has 37 heavy (non-hydrogen) atoms. The van der Waals surface area contributed by atoms with Crippen LogP contribution in [0.5, 0.6) is 5.75 Å². The van der Waals surface area contributed by atoms with Crippen LogP contribution in [0.3, 0.4) is 0 Å². The minimum atomic E-state index is -0.498. The van der Waals surface area contributed by atoms with E-state index in [4.69, 9.17) is 16.3 Å². The molecule has 0 aliphatic carbocycles. The molecule has 2 N–H and O–H groups in total. The van der Waals surface area contributed by atoms with E-state index in [-0.39, 0.29) is 17.7 Å². The number of amides is 3. The molecule has 2 aromatic carbocycles. The summed E-state index contributed by atoms with van der Waals surface area (Å²) in [7, 11) is 0. The standard InChI is InChI=1S/C29H36ClN3O4/c1-21-5-10-24-25(19-21)37-18-4-15-32-28(36)29(11-2-3-14-31-27(24)35)12-16-33(17-13-29)26(34)20-22-6-8-23(30)9-7-22/h5-10,19H,2-4,11-18,20H2,1H3,(H,31,35)(H,32,36). The van der Waals surface area contributed by atoms with Gasteiger partial charge in [-0.25, -0.2) is 0 Å². The summed E-state index contributed by atoms with van der Waals surface area (Å²) in [6.45, 7) is 4.54. The maximum Gasteiger partial charge on any atom is 0.255 e. The number of benzene rings is 2. The lowest BCUT2D eigenvalue weighted by Gasteiger charge is -2.41. The van der Waals surface area contributed by atoms with Crippen molar-refractivity contribution < 1.29 is 19.1 Å². The monoisotopic (exact) mass is 525 g/mol. The molecule has 2 aliphatic rings. The van der Waals surface area contributed by atoms with Gasteiger partial charge in [0.25, 0.3) is 5.91 Å². The van der Waals surface area contributed by atoms with Gasteiger partial charge in [-0.1, -0.05) is 36.2 Å². The average molecular weight is 526 g/mol. The zero-order valence-corrected chi connectivity index (χ0v) is 22.2. The fraction of sp³-hybridized carbons (Fsp3) is 0.483. The Balaban J connectivity index is 1.37. The van der Waals surface area contributed by atoms with Crippen LogP contribution in [0.4, 0.5) is 0 Å². The van der Waals surface area contributed by atoms with Crippen LogP contribution in [0.25, 0.3) is 0 Å². The van der Waals surface area contributed by atoms with E-state index < -0.39 is 5.41 Å². The molecule has 3 amide bonds. The SMILES string of the molecule is Cc1ccc2c(c1)OCCCNC(=O)C1(CCCCNC2=O)CCN(C(=O)Cc2ccc(Cl)cc2)CC1. The molecule has 0 radical (unpaired) electrons. The zero-order chi connectivity index (χ0) is 26.3. The highest BCUT2D eigenvalue weighted by atomic mass is 35.5. The Labute approximate surface area is 223 Å². The average Bonchev–Trinajstić information content (AvgIpc) is 2.89. The number of carbonyl (C=O) groups is 3. The molecule has 4 rings (SSSR count). The highest BCUT2D eigenvalue weighted by Gasteiger charge is 2.41. The Morgan fingerprint density at radius 3 is 2.46 bits per heavy atom. The van der Waals surface area contributed by atoms with E-state index in [0.29, 0.717) is 74.8 Å². The first-order chi connectivity index (χ1) is 17.9. The lowest BCUT2D eigenvalue weighted by atomic mass is 9.73. The molecule has 1 saturated heterocycles. The topological polar surface area (TPSA) is 87.7 Å². The third kappa shape index (κ3) is 7.04. The first-order valence-electron chi connectivity index (χ1n) is 13.2. The molecule has 0 saturated carbocycles. The van der Waals surface area contributed by atoms with Crippen LogP contribution in [0, 0.1) is 12.3 Å². The number of fused-ring (bicyclic) bond motifs is 1. The zero-order valence-electron chi connectivity index (χ0n) is 21.5. The first kappa shape index (κ1) is 27.0. The fourth-order valence-corrected chi connectivity index (χ4v) is 5.26. The molecule has 0 unspecified atom stereocenters. The van der Waals surface area contributed by atoms with Crippen LogP contribution in [-0.2, 0) is 16.0 Å². The van der Waals surface area contributed by atoms with Gasteiger partial charge in [-0.05, 0) is 74.4 Å². The van der Waals surface area contributed by atoms with Crippen LogP contribution in [-0.4, -0.2) is 55.4 Å². The van der Waals surface area contributed by atoms with Gasteiger partial charge in [-0.2, -0.15) is 0 Å². The van der Waals surface area contributed by atoms with E-state index in [0.717, 1.165) is 30.4 Å². The number of likely N-dealkylation sites (tertiary alicyclic amines) is 1. The Hall–Kier alpha value is -3.06. The summed E-state index contributed by atoms with van der Waals surface area (Å²) in [6, 6.07) is 12.9. The number of nitrogens with one attached hydrogen (secondary N) is 2. The number of hydrogen-bond donors (Lipinski definition) is 2. The molecule has 0 bridgehead atoms. The van der Waals surface area contributed by atoms with Crippen molar-refractivity contribution >= 4 is 29.3 Å². The number of hydrogen-bond acceptors (Lipinski definition) is 4. The van der Waals surface area contributed by atoms with Gasteiger partial charge in [-0.15, -0.1) is 0 Å². The van der Waals surface area contributed by atoms with E-state index in [1.807, 2.05) is 36.1 Å². The molecular formula is C29H36ClN3O4. The summed E-state index contributed by atoms with van der Waals surface area (Å²) in [6.07, 6.45) is 4.59. The largest absolute Gasteiger partial charge is 0.493 e. The summed E-state index contributed by atoms with van der Waals surface area (Å²) >= 11 is 5.96. The minimum Gasteiger partial charge on any atom is -0.493 e. The molecule has 7 nitrogen and oxygen atoms in total. The lowest BCUT2D eigenvalue weighted by molar-refractivity contribution is -0.140. The van der Waals surface area contributed by atoms with Crippen molar-refractivity contribution in [2.45, 2.75) is 51.9 Å². The third-order valence-corrected chi connectivity index (χ3v) is 7.69. The van der Waals surface area contributed by atoms with Crippen molar-refractivity contribution in [1.29, 1.82) is 0 Å². The smallest absolute Gasteiger partial charge is 0.255 e. The van der Waals surface area contributed by atoms with E-state index in [1.54, 1.807) is 18.2 Å². The number of aryl methyl sites for hydroxylation is 1. The normalized spacial score (nSPS) is 19.0. The van der Waals surface area contributed by atoms with Gasteiger partial charge in [0, 0.05) is 31.2 Å².